The van der Waals surface area contributed by atoms with E-state index in [0.29, 0.717) is 0 Å². The van der Waals surface area contributed by atoms with Crippen molar-refractivity contribution in [3.63, 3.8) is 0 Å². The summed E-state index contributed by atoms with van der Waals surface area (Å²) in [6.45, 7) is -0.472. The first-order valence-corrected chi connectivity index (χ1v) is 9.88. The van der Waals surface area contributed by atoms with E-state index in [-0.39, 0.29) is 6.61 Å². The van der Waals surface area contributed by atoms with Crippen molar-refractivity contribution in [1.82, 2.24) is 9.55 Å². The van der Waals surface area contributed by atoms with Crippen LogP contribution in [0.1, 0.15) is 28.7 Å². The number of benzene rings is 1. The minimum atomic E-state index is -1.54. The predicted octanol–water partition coefficient (Wildman–Crippen LogP) is -1.69. The first kappa shape index (κ1) is 24.1. The van der Waals surface area contributed by atoms with Crippen LogP contribution in [-0.4, -0.2) is 73.7 Å². The summed E-state index contributed by atoms with van der Waals surface area (Å²) in [4.78, 5) is 38.9. The van der Waals surface area contributed by atoms with E-state index >= 15 is 0 Å². The summed E-state index contributed by atoms with van der Waals surface area (Å²) in [5.41, 5.74) is 11.1. The number of carbonyl (C=O) groups excluding carboxylic acids is 3. The molecule has 13 nitrogen and oxygen atoms in total. The zero-order valence-corrected chi connectivity index (χ0v) is 17.3. The Balaban J connectivity index is 1.48. The molecule has 0 bridgehead atoms. The Morgan fingerprint density at radius 2 is 1.85 bits per heavy atom. The molecule has 1 aromatic carbocycles. The van der Waals surface area contributed by atoms with Crippen LogP contribution in [0.4, 0.5) is 0 Å². The SMILES string of the molecule is NC(=O)c1ncn([C@@H]2O[C@H](COC(=O)C[C@H](N)C(=O)OCc3ccccc3)C(O)[C@H]2O)c1O. The number of amides is 1. The molecule has 0 aliphatic carbocycles. The molecule has 1 unspecified atom stereocenters. The second-order valence-electron chi connectivity index (χ2n) is 7.32. The third-order valence-electron chi connectivity index (χ3n) is 4.93. The van der Waals surface area contributed by atoms with Crippen molar-refractivity contribution in [2.24, 2.45) is 11.5 Å². The van der Waals surface area contributed by atoms with E-state index in [1.165, 1.54) is 0 Å². The second-order valence-corrected chi connectivity index (χ2v) is 7.32. The molecule has 178 valence electrons. The molecule has 1 aliphatic heterocycles. The Labute approximate surface area is 187 Å². The Hall–Kier alpha value is -3.52. The lowest BCUT2D eigenvalue weighted by molar-refractivity contribution is -0.156. The monoisotopic (exact) mass is 464 g/mol. The third-order valence-corrected chi connectivity index (χ3v) is 4.93. The molecule has 0 radical (unpaired) electrons. The van der Waals surface area contributed by atoms with E-state index < -0.39 is 73.0 Å². The molecule has 1 aliphatic rings. The van der Waals surface area contributed by atoms with Crippen molar-refractivity contribution >= 4 is 17.8 Å². The lowest BCUT2D eigenvalue weighted by Crippen LogP contribution is -2.37. The van der Waals surface area contributed by atoms with Crippen LogP contribution in [0.15, 0.2) is 36.7 Å². The van der Waals surface area contributed by atoms with Crippen LogP contribution in [-0.2, 0) is 30.4 Å². The van der Waals surface area contributed by atoms with Gasteiger partial charge in [0.25, 0.3) is 5.91 Å². The predicted molar refractivity (Wildman–Crippen MR) is 108 cm³/mol. The summed E-state index contributed by atoms with van der Waals surface area (Å²) in [6.07, 6.45) is -5.00. The maximum Gasteiger partial charge on any atom is 0.323 e. The standard InChI is InChI=1S/C20H24N4O9/c21-11(20(30)32-7-10-4-2-1-3-5-10)6-13(25)31-8-12-15(26)16(27)19(33-12)24-9-23-14(17(22)28)18(24)29/h1-5,9,11-12,15-16,19,26-27,29H,6-8,21H2,(H2,22,28)/t11-,12+,15?,16+,19+/m0/s1. The molecule has 3 rings (SSSR count). The zero-order valence-electron chi connectivity index (χ0n) is 17.3. The number of hydrogen-bond acceptors (Lipinski definition) is 11. The fourth-order valence-corrected chi connectivity index (χ4v) is 3.14. The van der Waals surface area contributed by atoms with Crippen LogP contribution < -0.4 is 11.5 Å². The number of nitrogens with zero attached hydrogens (tertiary/aromatic N) is 2. The van der Waals surface area contributed by atoms with Gasteiger partial charge in [-0.1, -0.05) is 30.3 Å². The molecule has 2 aromatic rings. The number of esters is 2. The van der Waals surface area contributed by atoms with E-state index in [0.717, 1.165) is 16.5 Å². The first-order chi connectivity index (χ1) is 15.7. The highest BCUT2D eigenvalue weighted by Gasteiger charge is 2.45. The maximum atomic E-state index is 12.0. The van der Waals surface area contributed by atoms with E-state index in [1.807, 2.05) is 6.07 Å². The highest BCUT2D eigenvalue weighted by molar-refractivity contribution is 5.93. The van der Waals surface area contributed by atoms with Gasteiger partial charge in [0.2, 0.25) is 5.88 Å². The van der Waals surface area contributed by atoms with Gasteiger partial charge in [0.15, 0.2) is 11.9 Å². The molecule has 5 atom stereocenters. The van der Waals surface area contributed by atoms with Gasteiger partial charge in [-0.15, -0.1) is 0 Å². The van der Waals surface area contributed by atoms with Gasteiger partial charge in [-0.3, -0.25) is 19.0 Å². The zero-order chi connectivity index (χ0) is 24.1. The fraction of sp³-hybridized carbons (Fsp3) is 0.400. The number of hydrogen-bond donors (Lipinski definition) is 5. The molecule has 33 heavy (non-hydrogen) atoms. The Kier molecular flexibility index (Phi) is 7.60. The van der Waals surface area contributed by atoms with Crippen LogP contribution in [0.2, 0.25) is 0 Å². The van der Waals surface area contributed by atoms with Gasteiger partial charge in [-0.05, 0) is 5.56 Å². The number of ether oxygens (including phenoxy) is 3. The number of primary amides is 1. The summed E-state index contributed by atoms with van der Waals surface area (Å²) < 4.78 is 16.4. The van der Waals surface area contributed by atoms with Crippen molar-refractivity contribution < 1.29 is 43.9 Å². The highest BCUT2D eigenvalue weighted by atomic mass is 16.6. The van der Waals surface area contributed by atoms with Gasteiger partial charge in [0.05, 0.1) is 6.42 Å². The van der Waals surface area contributed by atoms with E-state index in [9.17, 15) is 29.7 Å². The number of rotatable bonds is 9. The van der Waals surface area contributed by atoms with Crippen LogP contribution in [0, 0.1) is 0 Å². The summed E-state index contributed by atoms with van der Waals surface area (Å²) >= 11 is 0. The molecular weight excluding hydrogens is 440 g/mol. The lowest BCUT2D eigenvalue weighted by Gasteiger charge is -2.17. The Bertz CT molecular complexity index is 997. The van der Waals surface area contributed by atoms with Gasteiger partial charge in [0.1, 0.15) is 43.9 Å². The molecule has 0 saturated carbocycles. The molecule has 0 spiro atoms. The highest BCUT2D eigenvalue weighted by Crippen LogP contribution is 2.33. The van der Waals surface area contributed by atoms with Gasteiger partial charge in [-0.2, -0.15) is 0 Å². The quantitative estimate of drug-likeness (QED) is 0.264. The van der Waals surface area contributed by atoms with Crippen molar-refractivity contribution in [2.75, 3.05) is 6.61 Å². The topological polar surface area (TPSA) is 209 Å². The van der Waals surface area contributed by atoms with Crippen LogP contribution in [0.3, 0.4) is 0 Å². The number of aromatic hydroxyl groups is 1. The van der Waals surface area contributed by atoms with Gasteiger partial charge < -0.3 is 41.0 Å². The van der Waals surface area contributed by atoms with Crippen molar-refractivity contribution in [3.8, 4) is 5.88 Å². The summed E-state index contributed by atoms with van der Waals surface area (Å²) in [5, 5.41) is 30.4. The van der Waals surface area contributed by atoms with Crippen molar-refractivity contribution in [2.45, 2.75) is 43.6 Å². The average molecular weight is 464 g/mol. The van der Waals surface area contributed by atoms with Crippen LogP contribution in [0.5, 0.6) is 5.88 Å². The van der Waals surface area contributed by atoms with E-state index in [1.54, 1.807) is 24.3 Å². The molecule has 7 N–H and O–H groups in total. The fourth-order valence-electron chi connectivity index (χ4n) is 3.14. The Morgan fingerprint density at radius 3 is 2.48 bits per heavy atom. The number of aliphatic hydroxyl groups excluding tert-OH is 2. The molecule has 1 amide bonds. The molecule has 1 aromatic heterocycles. The van der Waals surface area contributed by atoms with E-state index in [4.69, 9.17) is 25.7 Å². The molecule has 2 heterocycles. The van der Waals surface area contributed by atoms with Crippen LogP contribution >= 0.6 is 0 Å². The largest absolute Gasteiger partial charge is 0.493 e. The first-order valence-electron chi connectivity index (χ1n) is 9.88. The molecule has 13 heteroatoms. The summed E-state index contributed by atoms with van der Waals surface area (Å²) in [6, 6.07) is 7.65. The molecule has 1 saturated heterocycles. The van der Waals surface area contributed by atoms with Gasteiger partial charge in [-0.25, -0.2) is 4.98 Å². The summed E-state index contributed by atoms with van der Waals surface area (Å²) in [7, 11) is 0. The van der Waals surface area contributed by atoms with E-state index in [2.05, 4.69) is 4.98 Å². The lowest BCUT2D eigenvalue weighted by atomic mass is 10.1. The van der Waals surface area contributed by atoms with Crippen LogP contribution in [0.25, 0.3) is 0 Å². The molecular formula is C20H24N4O9. The van der Waals surface area contributed by atoms with Crippen molar-refractivity contribution in [1.29, 1.82) is 0 Å². The number of nitrogens with two attached hydrogens (primary N) is 2. The number of carbonyl (C=O) groups is 3. The maximum absolute atomic E-state index is 12.0. The van der Waals surface area contributed by atoms with Gasteiger partial charge in [0, 0.05) is 0 Å². The Morgan fingerprint density at radius 1 is 1.15 bits per heavy atom. The van der Waals surface area contributed by atoms with Gasteiger partial charge >= 0.3 is 11.9 Å². The second kappa shape index (κ2) is 10.4. The molecule has 1 fully saturated rings. The summed E-state index contributed by atoms with van der Waals surface area (Å²) in [5.74, 6) is -3.29. The third kappa shape index (κ3) is 5.64. The number of aromatic nitrogens is 2. The van der Waals surface area contributed by atoms with Crippen molar-refractivity contribution in [3.05, 3.63) is 47.9 Å². The minimum absolute atomic E-state index is 0.00235. The minimum Gasteiger partial charge on any atom is -0.493 e. The smallest absolute Gasteiger partial charge is 0.323 e. The number of aliphatic hydroxyl groups is 2. The average Bonchev–Trinajstić information content (AvgIpc) is 3.30. The normalized spacial score (nSPS) is 23.1. The number of imidazole rings is 1.